The Kier molecular flexibility index (Phi) is 2.73. The van der Waals surface area contributed by atoms with E-state index in [1.165, 1.54) is 17.7 Å². The van der Waals surface area contributed by atoms with Crippen molar-refractivity contribution in [3.63, 3.8) is 0 Å². The predicted octanol–water partition coefficient (Wildman–Crippen LogP) is 2.73. The van der Waals surface area contributed by atoms with Crippen LogP contribution in [0.25, 0.3) is 11.1 Å². The molecule has 2 aromatic carbocycles. The average Bonchev–Trinajstić information content (AvgIpc) is 2.43. The Morgan fingerprint density at radius 1 is 0.938 bits per heavy atom. The fourth-order valence-corrected chi connectivity index (χ4v) is 1.51. The summed E-state index contributed by atoms with van der Waals surface area (Å²) >= 11 is 0. The van der Waals surface area contributed by atoms with Crippen molar-refractivity contribution in [1.29, 1.82) is 0 Å². The van der Waals surface area contributed by atoms with Crippen molar-refractivity contribution in [1.82, 2.24) is 0 Å². The monoisotopic (exact) mass is 212 g/mol. The molecule has 0 aliphatic heterocycles. The van der Waals surface area contributed by atoms with E-state index in [1.807, 2.05) is 37.3 Å². The third kappa shape index (κ3) is 2.11. The first-order valence-electron chi connectivity index (χ1n) is 5.07. The Morgan fingerprint density at radius 3 is 2.31 bits per heavy atom. The van der Waals surface area contributed by atoms with Crippen molar-refractivity contribution >= 4 is 0 Å². The van der Waals surface area contributed by atoms with Gasteiger partial charge in [0.25, 0.3) is 0 Å². The normalized spacial score (nSPS) is 10.1. The summed E-state index contributed by atoms with van der Waals surface area (Å²) in [6.45, 7) is 2.01. The first-order valence-corrected chi connectivity index (χ1v) is 5.07. The van der Waals surface area contributed by atoms with Gasteiger partial charge in [0.1, 0.15) is 0 Å². The highest BCUT2D eigenvalue weighted by molar-refractivity contribution is 5.63. The molecule has 2 rings (SSSR count). The van der Waals surface area contributed by atoms with Gasteiger partial charge in [-0.2, -0.15) is 0 Å². The van der Waals surface area contributed by atoms with Crippen LogP contribution in [0.1, 0.15) is 5.56 Å². The zero-order chi connectivity index (χ0) is 11.5. The molecule has 2 heteroatoms. The van der Waals surface area contributed by atoms with E-state index in [0.717, 1.165) is 11.1 Å². The Morgan fingerprint density at radius 2 is 1.62 bits per heavy atom. The highest BCUT2D eigenvalue weighted by Crippen LogP contribution is 2.18. The van der Waals surface area contributed by atoms with Crippen molar-refractivity contribution in [3.05, 3.63) is 64.3 Å². The lowest BCUT2D eigenvalue weighted by atomic mass is 10.1. The van der Waals surface area contributed by atoms with Gasteiger partial charge < -0.3 is 5.11 Å². The van der Waals surface area contributed by atoms with E-state index in [1.54, 1.807) is 6.07 Å². The van der Waals surface area contributed by atoms with Crippen LogP contribution in [-0.2, 0) is 0 Å². The maximum atomic E-state index is 11.4. The zero-order valence-corrected chi connectivity index (χ0v) is 8.97. The lowest BCUT2D eigenvalue weighted by molar-refractivity contribution is 0.471. The van der Waals surface area contributed by atoms with E-state index in [2.05, 4.69) is 0 Å². The number of aromatic hydroxyl groups is 1. The summed E-state index contributed by atoms with van der Waals surface area (Å²) in [6.07, 6.45) is 0. The third-order valence-corrected chi connectivity index (χ3v) is 2.45. The van der Waals surface area contributed by atoms with Gasteiger partial charge in [0.15, 0.2) is 5.75 Å². The van der Waals surface area contributed by atoms with E-state index < -0.39 is 0 Å². The highest BCUT2D eigenvalue weighted by atomic mass is 16.3. The minimum absolute atomic E-state index is 0.224. The maximum Gasteiger partial charge on any atom is 0.220 e. The minimum Gasteiger partial charge on any atom is -0.504 e. The fourth-order valence-electron chi connectivity index (χ4n) is 1.51. The van der Waals surface area contributed by atoms with Crippen molar-refractivity contribution in [2.24, 2.45) is 0 Å². The van der Waals surface area contributed by atoms with Crippen molar-refractivity contribution in [3.8, 4) is 16.9 Å². The third-order valence-electron chi connectivity index (χ3n) is 2.45. The van der Waals surface area contributed by atoms with E-state index in [-0.39, 0.29) is 11.2 Å². The molecular formula is C14H12O2. The standard InChI is InChI=1S/C14H12O2/c1-10-5-7-11(8-6-10)12-3-2-4-13(15)14(16)9-12/h2-9H,1H3,(H,15,16). The number of rotatable bonds is 1. The van der Waals surface area contributed by atoms with Crippen LogP contribution >= 0.6 is 0 Å². The molecular weight excluding hydrogens is 200 g/mol. The second-order valence-electron chi connectivity index (χ2n) is 3.74. The summed E-state index contributed by atoms with van der Waals surface area (Å²) in [7, 11) is 0. The molecule has 2 nitrogen and oxygen atoms in total. The SMILES string of the molecule is Cc1ccc(-c2cccc(O)c(=O)c2)cc1. The zero-order valence-electron chi connectivity index (χ0n) is 8.97. The minimum atomic E-state index is -0.361. The van der Waals surface area contributed by atoms with Crippen LogP contribution in [0, 0.1) is 6.92 Å². The summed E-state index contributed by atoms with van der Waals surface area (Å²) in [5, 5.41) is 9.28. The molecule has 0 saturated carbocycles. The molecule has 0 aliphatic rings. The van der Waals surface area contributed by atoms with Gasteiger partial charge in [0.2, 0.25) is 5.43 Å². The summed E-state index contributed by atoms with van der Waals surface area (Å²) in [6, 6.07) is 14.2. The van der Waals surface area contributed by atoms with E-state index >= 15 is 0 Å². The Labute approximate surface area is 93.8 Å². The average molecular weight is 212 g/mol. The van der Waals surface area contributed by atoms with Crippen LogP contribution < -0.4 is 5.43 Å². The van der Waals surface area contributed by atoms with Crippen LogP contribution in [-0.4, -0.2) is 5.11 Å². The largest absolute Gasteiger partial charge is 0.504 e. The van der Waals surface area contributed by atoms with Gasteiger partial charge in [-0.15, -0.1) is 0 Å². The lowest BCUT2D eigenvalue weighted by Gasteiger charge is -1.98. The molecule has 0 heterocycles. The number of hydrogen-bond acceptors (Lipinski definition) is 2. The molecule has 1 N–H and O–H groups in total. The van der Waals surface area contributed by atoms with Gasteiger partial charge in [0.05, 0.1) is 0 Å². The van der Waals surface area contributed by atoms with E-state index in [0.29, 0.717) is 0 Å². The van der Waals surface area contributed by atoms with Gasteiger partial charge in [-0.25, -0.2) is 0 Å². The molecule has 2 aromatic rings. The Balaban J connectivity index is 2.58. The smallest absolute Gasteiger partial charge is 0.220 e. The molecule has 0 aromatic heterocycles. The molecule has 0 bridgehead atoms. The summed E-state index contributed by atoms with van der Waals surface area (Å²) in [5.74, 6) is -0.224. The Hall–Kier alpha value is -2.09. The van der Waals surface area contributed by atoms with Crippen LogP contribution in [0.4, 0.5) is 0 Å². The van der Waals surface area contributed by atoms with Gasteiger partial charge in [-0.1, -0.05) is 42.0 Å². The fraction of sp³-hybridized carbons (Fsp3) is 0.0714. The predicted molar refractivity (Wildman–Crippen MR) is 64.5 cm³/mol. The first-order chi connectivity index (χ1) is 7.66. The molecule has 0 saturated heterocycles. The summed E-state index contributed by atoms with van der Waals surface area (Å²) < 4.78 is 0. The van der Waals surface area contributed by atoms with E-state index in [9.17, 15) is 9.90 Å². The van der Waals surface area contributed by atoms with Gasteiger partial charge in [0, 0.05) is 0 Å². The topological polar surface area (TPSA) is 37.3 Å². The van der Waals surface area contributed by atoms with E-state index in [4.69, 9.17) is 0 Å². The number of hydrogen-bond donors (Lipinski definition) is 1. The van der Waals surface area contributed by atoms with Gasteiger partial charge in [-0.3, -0.25) is 4.79 Å². The molecule has 0 aliphatic carbocycles. The van der Waals surface area contributed by atoms with Crippen LogP contribution in [0.3, 0.4) is 0 Å². The Bertz CT molecular complexity index is 557. The summed E-state index contributed by atoms with van der Waals surface area (Å²) in [4.78, 5) is 11.4. The molecule has 0 radical (unpaired) electrons. The second kappa shape index (κ2) is 4.19. The maximum absolute atomic E-state index is 11.4. The molecule has 0 amide bonds. The highest BCUT2D eigenvalue weighted by Gasteiger charge is 1.99. The van der Waals surface area contributed by atoms with Crippen LogP contribution in [0.5, 0.6) is 5.75 Å². The van der Waals surface area contributed by atoms with Gasteiger partial charge in [-0.05, 0) is 30.2 Å². The lowest BCUT2D eigenvalue weighted by Crippen LogP contribution is -1.93. The molecule has 0 atom stereocenters. The molecule has 0 unspecified atom stereocenters. The molecule has 0 spiro atoms. The van der Waals surface area contributed by atoms with Crippen LogP contribution in [0.15, 0.2) is 53.3 Å². The quantitative estimate of drug-likeness (QED) is 0.789. The molecule has 0 fully saturated rings. The van der Waals surface area contributed by atoms with Crippen LogP contribution in [0.2, 0.25) is 0 Å². The second-order valence-corrected chi connectivity index (χ2v) is 3.74. The number of benzene rings is 1. The molecule has 80 valence electrons. The number of aryl methyl sites for hydroxylation is 1. The molecule has 16 heavy (non-hydrogen) atoms. The van der Waals surface area contributed by atoms with Crippen molar-refractivity contribution < 1.29 is 5.11 Å². The van der Waals surface area contributed by atoms with Gasteiger partial charge >= 0.3 is 0 Å². The van der Waals surface area contributed by atoms with Crippen molar-refractivity contribution in [2.75, 3.05) is 0 Å². The van der Waals surface area contributed by atoms with Crippen molar-refractivity contribution in [2.45, 2.75) is 6.92 Å². The summed E-state index contributed by atoms with van der Waals surface area (Å²) in [5.41, 5.74) is 2.60. The first kappa shape index (κ1) is 10.4.